The molecular weight excluding hydrogens is 751 g/mol. The van der Waals surface area contributed by atoms with E-state index in [0.29, 0.717) is 41.7 Å². The van der Waals surface area contributed by atoms with E-state index in [-0.39, 0.29) is 34.8 Å². The van der Waals surface area contributed by atoms with Gasteiger partial charge in [0.15, 0.2) is 11.6 Å². The number of aryl methyl sites for hydroxylation is 2. The van der Waals surface area contributed by atoms with E-state index in [4.69, 9.17) is 9.97 Å². The highest BCUT2D eigenvalue weighted by Crippen LogP contribution is 2.37. The molecule has 1 saturated carbocycles. The number of hydrogen-bond donors (Lipinski definition) is 2. The Morgan fingerprint density at radius 2 is 1.62 bits per heavy atom. The average Bonchev–Trinajstić information content (AvgIpc) is 3.79. The zero-order valence-corrected chi connectivity index (χ0v) is 35.8. The number of carbonyl (C=O) groups is 2. The quantitative estimate of drug-likeness (QED) is 0.118. The van der Waals surface area contributed by atoms with Crippen molar-refractivity contribution in [3.63, 3.8) is 0 Å². The Morgan fingerprint density at radius 1 is 0.900 bits per heavy atom. The highest BCUT2D eigenvalue weighted by atomic mass is 16.3. The molecule has 0 bridgehead atoms. The zero-order valence-electron chi connectivity index (χ0n) is 35.8. The average molecular weight is 810 g/mol. The topological polar surface area (TPSA) is 134 Å². The number of anilines is 2. The number of likely N-dealkylation sites (tertiary alicyclic amines) is 2. The van der Waals surface area contributed by atoms with Crippen molar-refractivity contribution in [3.8, 4) is 0 Å². The number of benzene rings is 2. The lowest BCUT2D eigenvalue weighted by atomic mass is 9.82. The van der Waals surface area contributed by atoms with E-state index in [1.165, 1.54) is 23.6 Å². The molecule has 314 valence electrons. The Labute approximate surface area is 353 Å². The number of Topliss-reactive ketones (excluding diaryl/α,β-unsaturated/α-hetero) is 2. The molecule has 1 atom stereocenters. The number of aromatic nitrogens is 4. The van der Waals surface area contributed by atoms with Gasteiger partial charge in [-0.15, -0.1) is 0 Å². The van der Waals surface area contributed by atoms with Gasteiger partial charge in [0.05, 0.1) is 11.2 Å². The van der Waals surface area contributed by atoms with Crippen molar-refractivity contribution in [1.82, 2.24) is 29.3 Å². The first-order chi connectivity index (χ1) is 28.9. The highest BCUT2D eigenvalue weighted by molar-refractivity contribution is 5.99. The minimum Gasteiger partial charge on any atom is -0.385 e. The molecule has 0 radical (unpaired) electrons. The summed E-state index contributed by atoms with van der Waals surface area (Å²) in [5.74, 6) is 1.30. The van der Waals surface area contributed by atoms with Crippen molar-refractivity contribution in [3.05, 3.63) is 122 Å². The highest BCUT2D eigenvalue weighted by Gasteiger charge is 2.36. The number of aliphatic hydroxyl groups is 1. The van der Waals surface area contributed by atoms with E-state index in [1.54, 1.807) is 24.6 Å². The van der Waals surface area contributed by atoms with Crippen LogP contribution in [0, 0.1) is 6.92 Å². The number of ketones is 2. The smallest absolute Gasteiger partial charge is 0.263 e. The van der Waals surface area contributed by atoms with Crippen LogP contribution < -0.4 is 10.9 Å². The van der Waals surface area contributed by atoms with Gasteiger partial charge in [0.25, 0.3) is 5.56 Å². The molecule has 0 spiro atoms. The molecule has 3 fully saturated rings. The van der Waals surface area contributed by atoms with Gasteiger partial charge in [0.1, 0.15) is 11.5 Å². The third-order valence-corrected chi connectivity index (χ3v) is 13.8. The lowest BCUT2D eigenvalue weighted by Gasteiger charge is -2.41. The summed E-state index contributed by atoms with van der Waals surface area (Å²) in [6.45, 7) is 13.8. The van der Waals surface area contributed by atoms with Crippen LogP contribution in [-0.2, 0) is 18.6 Å². The molecule has 1 unspecified atom stereocenters. The Balaban J connectivity index is 0.836. The van der Waals surface area contributed by atoms with Gasteiger partial charge >= 0.3 is 0 Å². The van der Waals surface area contributed by atoms with Gasteiger partial charge < -0.3 is 10.4 Å². The Hall–Kier alpha value is -5.10. The van der Waals surface area contributed by atoms with Crippen LogP contribution in [0.15, 0.2) is 71.8 Å². The summed E-state index contributed by atoms with van der Waals surface area (Å²) in [5.41, 5.74) is 6.84. The number of nitrogens with zero attached hydrogens (tertiary/aromatic N) is 6. The predicted octanol–water partition coefficient (Wildman–Crippen LogP) is 8.75. The van der Waals surface area contributed by atoms with E-state index in [9.17, 15) is 19.5 Å². The SMILES string of the molecule is CCc1cc(C2(O)CCN(C(C)c3ccc(CN4CCC(c5ccc(Nc6ncc7c(C)c(C(C)=O)c(=O)n(C8CCCC8)c7n6)nc5)CC4)cc3)CC2)ccc1C(C)=O. The van der Waals surface area contributed by atoms with E-state index in [1.807, 2.05) is 30.5 Å². The van der Waals surface area contributed by atoms with Gasteiger partial charge in [-0.3, -0.25) is 28.8 Å². The van der Waals surface area contributed by atoms with Crippen LogP contribution in [-0.4, -0.2) is 72.2 Å². The van der Waals surface area contributed by atoms with Crippen molar-refractivity contribution in [2.45, 2.75) is 123 Å². The van der Waals surface area contributed by atoms with Crippen LogP contribution in [0.3, 0.4) is 0 Å². The molecule has 60 heavy (non-hydrogen) atoms. The number of fused-ring (bicyclic) bond motifs is 1. The number of hydrogen-bond acceptors (Lipinski definition) is 10. The Bertz CT molecular complexity index is 2420. The summed E-state index contributed by atoms with van der Waals surface area (Å²) in [7, 11) is 0. The summed E-state index contributed by atoms with van der Waals surface area (Å²) in [6.07, 6.45) is 11.8. The maximum atomic E-state index is 13.6. The lowest BCUT2D eigenvalue weighted by molar-refractivity contribution is -0.0344. The van der Waals surface area contributed by atoms with Gasteiger partial charge in [-0.2, -0.15) is 4.98 Å². The number of piperidine rings is 2. The largest absolute Gasteiger partial charge is 0.385 e. The maximum Gasteiger partial charge on any atom is 0.263 e. The molecule has 11 heteroatoms. The number of nitrogens with one attached hydrogen (secondary N) is 1. The summed E-state index contributed by atoms with van der Waals surface area (Å²) >= 11 is 0. The first-order valence-corrected chi connectivity index (χ1v) is 22.0. The Morgan fingerprint density at radius 3 is 2.25 bits per heavy atom. The molecule has 3 aliphatic rings. The monoisotopic (exact) mass is 809 g/mol. The normalized spacial score (nSPS) is 18.5. The number of pyridine rings is 2. The number of carbonyl (C=O) groups excluding carboxylic acids is 2. The molecule has 3 aromatic heterocycles. The molecule has 5 aromatic rings. The minimum absolute atomic E-state index is 0.0256. The van der Waals surface area contributed by atoms with Crippen molar-refractivity contribution in [1.29, 1.82) is 0 Å². The molecular formula is C49H59N7O4. The Kier molecular flexibility index (Phi) is 12.1. The fraction of sp³-hybridized carbons (Fsp3) is 0.469. The summed E-state index contributed by atoms with van der Waals surface area (Å²) in [5, 5.41) is 15.6. The maximum absolute atomic E-state index is 13.6. The molecule has 2 aromatic carbocycles. The standard InChI is InChI=1S/C49H59N7O4/c1-6-36-27-40(16-17-42(36)33(4)57)49(60)21-25-55(26-22-49)32(3)37-13-11-35(12-14-37)30-54-23-19-38(20-24-54)39-15-18-44(50-28-39)52-48-51-29-43-31(2)45(34(5)58)47(59)56(46(43)53-48)41-9-7-8-10-41/h11-18,27-29,32,38,41,60H,6-10,19-26,30H2,1-5H3,(H,50,51,52,53). The fourth-order valence-corrected chi connectivity index (χ4v) is 10.0. The summed E-state index contributed by atoms with van der Waals surface area (Å²) < 4.78 is 1.73. The number of rotatable bonds is 12. The second kappa shape index (κ2) is 17.5. The van der Waals surface area contributed by atoms with Crippen LogP contribution in [0.4, 0.5) is 11.8 Å². The third kappa shape index (κ3) is 8.44. The van der Waals surface area contributed by atoms with Gasteiger partial charge in [0, 0.05) is 55.1 Å². The van der Waals surface area contributed by atoms with Crippen LogP contribution in [0.5, 0.6) is 0 Å². The van der Waals surface area contributed by atoms with E-state index in [2.05, 4.69) is 64.3 Å². The van der Waals surface area contributed by atoms with Gasteiger partial charge in [-0.1, -0.05) is 68.3 Å². The first-order valence-electron chi connectivity index (χ1n) is 22.0. The van der Waals surface area contributed by atoms with Gasteiger partial charge in [-0.25, -0.2) is 9.97 Å². The van der Waals surface area contributed by atoms with E-state index < -0.39 is 5.60 Å². The van der Waals surface area contributed by atoms with Gasteiger partial charge in [-0.05, 0) is 131 Å². The summed E-state index contributed by atoms with van der Waals surface area (Å²) in [4.78, 5) is 57.3. The molecule has 11 nitrogen and oxygen atoms in total. The molecule has 2 saturated heterocycles. The minimum atomic E-state index is -0.869. The van der Waals surface area contributed by atoms with Crippen LogP contribution in [0.2, 0.25) is 0 Å². The predicted molar refractivity (Wildman–Crippen MR) is 236 cm³/mol. The molecule has 2 N–H and O–H groups in total. The first kappa shape index (κ1) is 41.6. The molecule has 0 amide bonds. The second-order valence-corrected chi connectivity index (χ2v) is 17.5. The summed E-state index contributed by atoms with van der Waals surface area (Å²) in [6, 6.07) is 19.4. The van der Waals surface area contributed by atoms with E-state index >= 15 is 0 Å². The van der Waals surface area contributed by atoms with Gasteiger partial charge in [0.2, 0.25) is 5.95 Å². The molecule has 5 heterocycles. The van der Waals surface area contributed by atoms with Crippen molar-refractivity contribution < 1.29 is 14.7 Å². The third-order valence-electron chi connectivity index (χ3n) is 13.8. The van der Waals surface area contributed by atoms with Crippen LogP contribution in [0.25, 0.3) is 11.0 Å². The second-order valence-electron chi connectivity index (χ2n) is 17.5. The van der Waals surface area contributed by atoms with Crippen molar-refractivity contribution in [2.75, 3.05) is 31.5 Å². The molecule has 2 aliphatic heterocycles. The molecule has 1 aliphatic carbocycles. The lowest BCUT2D eigenvalue weighted by Crippen LogP contribution is -2.43. The zero-order chi connectivity index (χ0) is 42.1. The van der Waals surface area contributed by atoms with Crippen LogP contribution >= 0.6 is 0 Å². The van der Waals surface area contributed by atoms with Crippen LogP contribution in [0.1, 0.15) is 151 Å². The van der Waals surface area contributed by atoms with Crippen molar-refractivity contribution >= 4 is 34.4 Å². The molecule has 8 rings (SSSR count). The fourth-order valence-electron chi connectivity index (χ4n) is 10.0. The van der Waals surface area contributed by atoms with E-state index in [0.717, 1.165) is 99.7 Å². The van der Waals surface area contributed by atoms with Crippen molar-refractivity contribution in [2.24, 2.45) is 0 Å².